The van der Waals surface area contributed by atoms with Crippen LogP contribution in [-0.4, -0.2) is 12.9 Å². The molecule has 0 aromatic heterocycles. The molecule has 3 heteroatoms. The second-order valence-corrected chi connectivity index (χ2v) is 2.44. The average Bonchev–Trinajstić information content (AvgIpc) is 1.89. The van der Waals surface area contributed by atoms with E-state index in [-0.39, 0.29) is 51.4 Å². The van der Waals surface area contributed by atoms with Gasteiger partial charge >= 0.3 is 51.4 Å². The van der Waals surface area contributed by atoms with Crippen molar-refractivity contribution in [3.8, 4) is 0 Å². The van der Waals surface area contributed by atoms with Gasteiger partial charge in [0.15, 0.2) is 0 Å². The Morgan fingerprint density at radius 1 is 1.27 bits per heavy atom. The summed E-state index contributed by atoms with van der Waals surface area (Å²) in [4.78, 5) is 0. The van der Waals surface area contributed by atoms with Crippen molar-refractivity contribution in [3.05, 3.63) is 0 Å². The van der Waals surface area contributed by atoms with Gasteiger partial charge in [-0.2, -0.15) is 0 Å². The first-order valence-corrected chi connectivity index (χ1v) is 4.08. The van der Waals surface area contributed by atoms with Gasteiger partial charge in [0, 0.05) is 6.61 Å². The Morgan fingerprint density at radius 2 is 1.91 bits per heavy atom. The molecule has 0 aromatic carbocycles. The van der Waals surface area contributed by atoms with Crippen molar-refractivity contribution >= 4 is 0 Å². The molecule has 0 aromatic rings. The molecule has 0 bridgehead atoms. The van der Waals surface area contributed by atoms with E-state index in [9.17, 15) is 5.11 Å². The summed E-state index contributed by atoms with van der Waals surface area (Å²) in [5, 5.41) is 10.8. The molecule has 0 spiro atoms. The molecule has 0 fully saturated rings. The van der Waals surface area contributed by atoms with Crippen LogP contribution in [-0.2, 0) is 4.74 Å². The minimum Gasteiger partial charge on any atom is -0.831 e. The number of hydrogen-bond acceptors (Lipinski definition) is 2. The number of unbranched alkanes of at least 4 members (excludes halogenated alkanes) is 1. The maximum atomic E-state index is 10.8. The summed E-state index contributed by atoms with van der Waals surface area (Å²) in [5.74, 6) is 0. The molecular formula is C8H17KO2. The van der Waals surface area contributed by atoms with Crippen molar-refractivity contribution in [1.82, 2.24) is 0 Å². The third kappa shape index (κ3) is 11.6. The summed E-state index contributed by atoms with van der Waals surface area (Å²) in [5.41, 5.74) is 0. The van der Waals surface area contributed by atoms with E-state index in [1.54, 1.807) is 0 Å². The molecule has 0 radical (unpaired) electrons. The summed E-state index contributed by atoms with van der Waals surface area (Å²) >= 11 is 0. The maximum absolute atomic E-state index is 10.8. The zero-order valence-corrected chi connectivity index (χ0v) is 11.1. The number of hydrogen-bond donors (Lipinski definition) is 0. The summed E-state index contributed by atoms with van der Waals surface area (Å²) in [6, 6.07) is 0. The fourth-order valence-corrected chi connectivity index (χ4v) is 0.678. The van der Waals surface area contributed by atoms with Crippen LogP contribution in [0.5, 0.6) is 0 Å². The molecule has 11 heavy (non-hydrogen) atoms. The van der Waals surface area contributed by atoms with E-state index in [4.69, 9.17) is 4.74 Å². The minimum absolute atomic E-state index is 0. The molecule has 0 N–H and O–H groups in total. The van der Waals surface area contributed by atoms with E-state index in [2.05, 4.69) is 6.92 Å². The third-order valence-electron chi connectivity index (χ3n) is 1.33. The molecule has 0 aliphatic carbocycles. The van der Waals surface area contributed by atoms with Crippen molar-refractivity contribution in [2.24, 2.45) is 0 Å². The van der Waals surface area contributed by atoms with Gasteiger partial charge in [0.25, 0.3) is 0 Å². The van der Waals surface area contributed by atoms with E-state index in [1.807, 2.05) is 6.92 Å². The zero-order chi connectivity index (χ0) is 7.82. The molecule has 0 aliphatic rings. The summed E-state index contributed by atoms with van der Waals surface area (Å²) < 4.78 is 4.97. The summed E-state index contributed by atoms with van der Waals surface area (Å²) in [6.45, 7) is 4.71. The van der Waals surface area contributed by atoms with Crippen LogP contribution >= 0.6 is 0 Å². The van der Waals surface area contributed by atoms with Crippen LogP contribution in [0.1, 0.15) is 39.5 Å². The molecule has 0 saturated heterocycles. The minimum atomic E-state index is -0.781. The number of rotatable bonds is 6. The van der Waals surface area contributed by atoms with Crippen LogP contribution < -0.4 is 56.5 Å². The van der Waals surface area contributed by atoms with Crippen molar-refractivity contribution < 1.29 is 61.2 Å². The van der Waals surface area contributed by atoms with Gasteiger partial charge in [-0.15, -0.1) is 0 Å². The zero-order valence-electron chi connectivity index (χ0n) is 7.93. The first-order valence-electron chi connectivity index (χ1n) is 4.08. The van der Waals surface area contributed by atoms with E-state index < -0.39 is 6.29 Å². The SMILES string of the molecule is CCCCOC([O-])CCC.[K+]. The standard InChI is InChI=1S/C8H17O2.K/c1-3-5-7-10-8(9)6-4-2;/h8H,3-7H2,1-2H3;/q-1;+1. The van der Waals surface area contributed by atoms with E-state index >= 15 is 0 Å². The van der Waals surface area contributed by atoms with Gasteiger partial charge in [0.05, 0.1) is 0 Å². The molecule has 62 valence electrons. The molecular weight excluding hydrogens is 167 g/mol. The molecule has 2 nitrogen and oxygen atoms in total. The first-order chi connectivity index (χ1) is 4.81. The quantitative estimate of drug-likeness (QED) is 0.280. The van der Waals surface area contributed by atoms with Gasteiger partial charge in [0.2, 0.25) is 0 Å². The molecule has 0 amide bonds. The van der Waals surface area contributed by atoms with Gasteiger partial charge in [-0.25, -0.2) is 0 Å². The molecule has 0 rings (SSSR count). The van der Waals surface area contributed by atoms with Crippen LogP contribution in [0.25, 0.3) is 0 Å². The molecule has 1 atom stereocenters. The second kappa shape index (κ2) is 11.6. The van der Waals surface area contributed by atoms with E-state index in [0.717, 1.165) is 19.3 Å². The topological polar surface area (TPSA) is 32.3 Å². The summed E-state index contributed by atoms with van der Waals surface area (Å²) in [6.07, 6.45) is 2.88. The van der Waals surface area contributed by atoms with Gasteiger partial charge in [-0.3, -0.25) is 0 Å². The Hall–Kier alpha value is 1.56. The fraction of sp³-hybridized carbons (Fsp3) is 1.00. The second-order valence-electron chi connectivity index (χ2n) is 2.44. The Morgan fingerprint density at radius 3 is 2.36 bits per heavy atom. The molecule has 0 aliphatic heterocycles. The largest absolute Gasteiger partial charge is 1.00 e. The van der Waals surface area contributed by atoms with Gasteiger partial charge in [-0.1, -0.05) is 26.7 Å². The van der Waals surface area contributed by atoms with Crippen LogP contribution in [0.15, 0.2) is 0 Å². The normalized spacial score (nSPS) is 12.3. The predicted molar refractivity (Wildman–Crippen MR) is 39.6 cm³/mol. The number of ether oxygens (including phenoxy) is 1. The summed E-state index contributed by atoms with van der Waals surface area (Å²) in [7, 11) is 0. The third-order valence-corrected chi connectivity index (χ3v) is 1.33. The van der Waals surface area contributed by atoms with E-state index in [1.165, 1.54) is 0 Å². The van der Waals surface area contributed by atoms with Crippen LogP contribution in [0, 0.1) is 0 Å². The van der Waals surface area contributed by atoms with Gasteiger partial charge in [0.1, 0.15) is 0 Å². The van der Waals surface area contributed by atoms with Crippen molar-refractivity contribution in [2.45, 2.75) is 45.8 Å². The smallest absolute Gasteiger partial charge is 0.831 e. The first kappa shape index (κ1) is 15.0. The molecule has 0 saturated carbocycles. The van der Waals surface area contributed by atoms with Crippen LogP contribution in [0.3, 0.4) is 0 Å². The van der Waals surface area contributed by atoms with Crippen LogP contribution in [0.2, 0.25) is 0 Å². The van der Waals surface area contributed by atoms with Crippen LogP contribution in [0.4, 0.5) is 0 Å². The van der Waals surface area contributed by atoms with E-state index in [0.29, 0.717) is 13.0 Å². The predicted octanol–water partition coefficient (Wildman–Crippen LogP) is -1.71. The molecule has 1 unspecified atom stereocenters. The van der Waals surface area contributed by atoms with Gasteiger partial charge < -0.3 is 9.84 Å². The monoisotopic (exact) mass is 184 g/mol. The Bertz CT molecular complexity index is 69.1. The van der Waals surface area contributed by atoms with Crippen molar-refractivity contribution in [3.63, 3.8) is 0 Å². The maximum Gasteiger partial charge on any atom is 1.00 e. The Labute approximate surface area is 112 Å². The molecule has 0 heterocycles. The Kier molecular flexibility index (Phi) is 15.8. The van der Waals surface area contributed by atoms with Crippen molar-refractivity contribution in [2.75, 3.05) is 6.61 Å². The fourth-order valence-electron chi connectivity index (χ4n) is 0.678. The van der Waals surface area contributed by atoms with Crippen molar-refractivity contribution in [1.29, 1.82) is 0 Å². The Balaban J connectivity index is 0. The van der Waals surface area contributed by atoms with Gasteiger partial charge in [-0.05, 0) is 19.1 Å². The average molecular weight is 184 g/mol.